The van der Waals surface area contributed by atoms with Crippen LogP contribution >= 0.6 is 0 Å². The van der Waals surface area contributed by atoms with Crippen molar-refractivity contribution >= 4 is 17.7 Å². The standard InChI is InChI=1S/C24H31N7O/c1-28-12-11-25-24(28)30-15-13-29(14-16-30)18-23(32)26-22-17-21(19-7-5-6-8-19)27-31(22)20-9-3-2-4-10-20/h2-4,9-12,17,19H,5-8,13-16,18H2,1H3,(H,26,32). The van der Waals surface area contributed by atoms with Gasteiger partial charge in [0.15, 0.2) is 0 Å². The predicted molar refractivity (Wildman–Crippen MR) is 125 cm³/mol. The third kappa shape index (κ3) is 4.41. The number of aromatic nitrogens is 4. The van der Waals surface area contributed by atoms with Crippen LogP contribution in [0.25, 0.3) is 5.69 Å². The van der Waals surface area contributed by atoms with E-state index in [0.717, 1.165) is 49.3 Å². The number of anilines is 2. The fourth-order valence-electron chi connectivity index (χ4n) is 4.83. The molecule has 0 spiro atoms. The number of nitrogens with one attached hydrogen (secondary N) is 1. The summed E-state index contributed by atoms with van der Waals surface area (Å²) in [4.78, 5) is 21.8. The monoisotopic (exact) mass is 433 g/mol. The van der Waals surface area contributed by atoms with Gasteiger partial charge in [-0.1, -0.05) is 31.0 Å². The molecule has 2 aliphatic rings. The molecular formula is C24H31N7O. The third-order valence-electron chi connectivity index (χ3n) is 6.59. The zero-order chi connectivity index (χ0) is 21.9. The van der Waals surface area contributed by atoms with E-state index in [1.165, 1.54) is 25.7 Å². The lowest BCUT2D eigenvalue weighted by molar-refractivity contribution is -0.117. The lowest BCUT2D eigenvalue weighted by atomic mass is 10.0. The highest BCUT2D eigenvalue weighted by Crippen LogP contribution is 2.35. The average molecular weight is 434 g/mol. The first-order valence-corrected chi connectivity index (χ1v) is 11.6. The molecule has 2 fully saturated rings. The second-order valence-electron chi connectivity index (χ2n) is 8.83. The molecule has 0 unspecified atom stereocenters. The molecule has 168 valence electrons. The van der Waals surface area contributed by atoms with Crippen molar-refractivity contribution in [3.05, 3.63) is 54.5 Å². The van der Waals surface area contributed by atoms with E-state index in [2.05, 4.69) is 26.2 Å². The van der Waals surface area contributed by atoms with Gasteiger partial charge in [-0.15, -0.1) is 0 Å². The number of nitrogens with zero attached hydrogens (tertiary/aromatic N) is 6. The number of carbonyl (C=O) groups excluding carboxylic acids is 1. The molecule has 1 amide bonds. The molecule has 1 aliphatic carbocycles. The van der Waals surface area contributed by atoms with E-state index in [1.807, 2.05) is 59.0 Å². The Morgan fingerprint density at radius 3 is 2.53 bits per heavy atom. The van der Waals surface area contributed by atoms with Crippen LogP contribution in [0.3, 0.4) is 0 Å². The average Bonchev–Trinajstić information content (AvgIpc) is 3.56. The first-order valence-electron chi connectivity index (χ1n) is 11.6. The van der Waals surface area contributed by atoms with Crippen molar-refractivity contribution in [3.63, 3.8) is 0 Å². The zero-order valence-corrected chi connectivity index (χ0v) is 18.7. The van der Waals surface area contributed by atoms with E-state index in [1.54, 1.807) is 0 Å². The molecule has 0 radical (unpaired) electrons. The first-order chi connectivity index (χ1) is 15.7. The molecule has 8 heteroatoms. The summed E-state index contributed by atoms with van der Waals surface area (Å²) in [5, 5.41) is 8.02. The lowest BCUT2D eigenvalue weighted by Gasteiger charge is -2.34. The molecule has 8 nitrogen and oxygen atoms in total. The largest absolute Gasteiger partial charge is 0.340 e. The number of imidazole rings is 1. The molecule has 5 rings (SSSR count). The molecular weight excluding hydrogens is 402 g/mol. The molecule has 0 atom stereocenters. The molecule has 3 aromatic rings. The quantitative estimate of drug-likeness (QED) is 0.647. The van der Waals surface area contributed by atoms with Gasteiger partial charge in [0.1, 0.15) is 5.82 Å². The predicted octanol–water partition coefficient (Wildman–Crippen LogP) is 3.02. The van der Waals surface area contributed by atoms with Crippen LogP contribution in [-0.4, -0.2) is 62.9 Å². The Hall–Kier alpha value is -3.13. The van der Waals surface area contributed by atoms with Gasteiger partial charge in [-0.3, -0.25) is 9.69 Å². The summed E-state index contributed by atoms with van der Waals surface area (Å²) >= 11 is 0. The Balaban J connectivity index is 1.24. The SMILES string of the molecule is Cn1ccnc1N1CCN(CC(=O)Nc2cc(C3CCCC3)nn2-c2ccccc2)CC1. The molecule has 1 saturated heterocycles. The number of benzene rings is 1. The van der Waals surface area contributed by atoms with E-state index in [9.17, 15) is 4.79 Å². The minimum Gasteiger partial charge on any atom is -0.340 e. The molecule has 1 saturated carbocycles. The number of hydrogen-bond acceptors (Lipinski definition) is 5. The topological polar surface area (TPSA) is 71.2 Å². The highest BCUT2D eigenvalue weighted by Gasteiger charge is 2.24. The summed E-state index contributed by atoms with van der Waals surface area (Å²) in [6, 6.07) is 12.1. The number of hydrogen-bond donors (Lipinski definition) is 1. The van der Waals surface area contributed by atoms with Gasteiger partial charge < -0.3 is 14.8 Å². The van der Waals surface area contributed by atoms with Gasteiger partial charge >= 0.3 is 0 Å². The number of amides is 1. The van der Waals surface area contributed by atoms with Crippen molar-refractivity contribution in [1.29, 1.82) is 0 Å². The Labute approximate surface area is 188 Å². The van der Waals surface area contributed by atoms with Crippen molar-refractivity contribution in [3.8, 4) is 5.69 Å². The van der Waals surface area contributed by atoms with Crippen molar-refractivity contribution in [2.24, 2.45) is 7.05 Å². The second-order valence-corrected chi connectivity index (χ2v) is 8.83. The fourth-order valence-corrected chi connectivity index (χ4v) is 4.83. The van der Waals surface area contributed by atoms with Crippen LogP contribution in [0.1, 0.15) is 37.3 Å². The van der Waals surface area contributed by atoms with Gasteiger partial charge in [-0.25, -0.2) is 9.67 Å². The molecule has 3 heterocycles. The first kappa shape index (κ1) is 20.8. The van der Waals surface area contributed by atoms with Crippen LogP contribution in [0.15, 0.2) is 48.8 Å². The van der Waals surface area contributed by atoms with Crippen molar-refractivity contribution < 1.29 is 4.79 Å². The highest BCUT2D eigenvalue weighted by atomic mass is 16.2. The van der Waals surface area contributed by atoms with Gasteiger partial charge in [-0.05, 0) is 25.0 Å². The maximum absolute atomic E-state index is 12.9. The van der Waals surface area contributed by atoms with Gasteiger partial charge in [0.25, 0.3) is 0 Å². The number of rotatable bonds is 6. The van der Waals surface area contributed by atoms with Crippen LogP contribution in [-0.2, 0) is 11.8 Å². The molecule has 1 aromatic carbocycles. The van der Waals surface area contributed by atoms with Crippen molar-refractivity contribution in [2.45, 2.75) is 31.6 Å². The van der Waals surface area contributed by atoms with Crippen LogP contribution in [0.4, 0.5) is 11.8 Å². The zero-order valence-electron chi connectivity index (χ0n) is 18.7. The summed E-state index contributed by atoms with van der Waals surface area (Å²) in [6.45, 7) is 3.79. The normalized spacial score (nSPS) is 17.7. The van der Waals surface area contributed by atoms with Crippen LogP contribution in [0.2, 0.25) is 0 Å². The number of aryl methyl sites for hydroxylation is 1. The summed E-state index contributed by atoms with van der Waals surface area (Å²) in [7, 11) is 2.01. The number of piperazine rings is 1. The molecule has 1 aliphatic heterocycles. The Bertz CT molecular complexity index is 1040. The van der Waals surface area contributed by atoms with Gasteiger partial charge in [0.2, 0.25) is 11.9 Å². The molecule has 1 N–H and O–H groups in total. The van der Waals surface area contributed by atoms with Crippen LogP contribution < -0.4 is 10.2 Å². The van der Waals surface area contributed by atoms with E-state index in [4.69, 9.17) is 5.10 Å². The Morgan fingerprint density at radius 2 is 1.84 bits per heavy atom. The molecule has 32 heavy (non-hydrogen) atoms. The third-order valence-corrected chi connectivity index (χ3v) is 6.59. The summed E-state index contributed by atoms with van der Waals surface area (Å²) in [5.41, 5.74) is 2.06. The summed E-state index contributed by atoms with van der Waals surface area (Å²) < 4.78 is 3.92. The maximum atomic E-state index is 12.9. The fraction of sp³-hybridized carbons (Fsp3) is 0.458. The molecule has 0 bridgehead atoms. The number of para-hydroxylation sites is 1. The van der Waals surface area contributed by atoms with E-state index in [0.29, 0.717) is 12.5 Å². The van der Waals surface area contributed by atoms with Gasteiger partial charge in [0, 0.05) is 57.6 Å². The maximum Gasteiger partial charge on any atom is 0.239 e. The Morgan fingerprint density at radius 1 is 1.09 bits per heavy atom. The highest BCUT2D eigenvalue weighted by molar-refractivity contribution is 5.91. The van der Waals surface area contributed by atoms with E-state index >= 15 is 0 Å². The Kier molecular flexibility index (Phi) is 5.94. The summed E-state index contributed by atoms with van der Waals surface area (Å²) in [6.07, 6.45) is 8.66. The molecule has 2 aromatic heterocycles. The van der Waals surface area contributed by atoms with Crippen molar-refractivity contribution in [1.82, 2.24) is 24.2 Å². The van der Waals surface area contributed by atoms with Crippen LogP contribution in [0.5, 0.6) is 0 Å². The summed E-state index contributed by atoms with van der Waals surface area (Å²) in [5.74, 6) is 2.25. The lowest BCUT2D eigenvalue weighted by Crippen LogP contribution is -2.49. The van der Waals surface area contributed by atoms with Gasteiger partial charge in [0.05, 0.1) is 17.9 Å². The van der Waals surface area contributed by atoms with Crippen molar-refractivity contribution in [2.75, 3.05) is 42.9 Å². The minimum atomic E-state index is 0.00509. The second kappa shape index (κ2) is 9.16. The van der Waals surface area contributed by atoms with E-state index in [-0.39, 0.29) is 5.91 Å². The van der Waals surface area contributed by atoms with Crippen LogP contribution in [0, 0.1) is 0 Å². The van der Waals surface area contributed by atoms with E-state index < -0.39 is 0 Å². The minimum absolute atomic E-state index is 0.00509. The van der Waals surface area contributed by atoms with Gasteiger partial charge in [-0.2, -0.15) is 5.10 Å². The number of carbonyl (C=O) groups is 1. The smallest absolute Gasteiger partial charge is 0.239 e.